The van der Waals surface area contributed by atoms with Gasteiger partial charge in [-0.05, 0) is 149 Å². The molecule has 8 aliphatic rings. The third-order valence-electron chi connectivity index (χ3n) is 22.2. The minimum Gasteiger partial charge on any atom is -0.459 e. The second-order valence-electron chi connectivity index (χ2n) is 30.0. The Morgan fingerprint density at radius 2 is 0.625 bits per heavy atom. The molecule has 4 fully saturated rings. The van der Waals surface area contributed by atoms with E-state index in [1.807, 2.05) is 164 Å². The van der Waals surface area contributed by atoms with E-state index in [9.17, 15) is 38.4 Å². The highest BCUT2D eigenvalue weighted by molar-refractivity contribution is 6.04. The first-order chi connectivity index (χ1) is 57.8. The average molecular weight is 1620 g/mol. The molecule has 8 aromatic heterocycles. The third kappa shape index (κ3) is 17.7. The van der Waals surface area contributed by atoms with Crippen molar-refractivity contribution in [2.24, 2.45) is 29.4 Å². The van der Waals surface area contributed by atoms with Gasteiger partial charge in [-0.25, -0.2) is 24.7 Å². The number of ether oxygens (including phenoxy) is 1. The highest BCUT2D eigenvalue weighted by Gasteiger charge is 2.56. The topological polar surface area (TPSA) is 428 Å². The van der Waals surface area contributed by atoms with Gasteiger partial charge in [0.2, 0.25) is 29.5 Å². The standard InChI is InChI=1S/3C21H19N5O3.C12H12N2O3.C11H13N3O.CH4/c3*1-26-18-13(8-5-9-22-18)14-11-15(14)17(21(26)28)23-19(27)20-25-24-16(29-20)10-12-6-3-2-4-7-12;1-2-16-12(15)11-14-13-10(17-11)8-9-6-4-3-5-7-9;1-14-10-6(3-2-4-13-10)7-5-8(7)9(12)11(14)15;/h3*2-9,14-15,17H,10-11H2,1H3,(H,23,27);3-7H,2,8H2,1H3;2-4,7-9H,5,12H2,1H3;1H4/t14-,15?,17-;2*14-,15-,17-;;7-,8?,9-;/m010.0./s1. The summed E-state index contributed by atoms with van der Waals surface area (Å²) < 4.78 is 26.5. The Kier molecular flexibility index (Phi) is 23.8. The number of anilines is 4. The zero-order valence-electron chi connectivity index (χ0n) is 65.3. The van der Waals surface area contributed by atoms with Crippen LogP contribution in [0.5, 0.6) is 0 Å². The minimum atomic E-state index is -0.642. The Balaban J connectivity index is 0.000000119. The van der Waals surface area contributed by atoms with Gasteiger partial charge in [-0.15, -0.1) is 40.8 Å². The molecule has 0 saturated heterocycles. The number of amides is 7. The van der Waals surface area contributed by atoms with Gasteiger partial charge in [0.25, 0.3) is 17.7 Å². The molecule has 0 spiro atoms. The molecule has 612 valence electrons. The van der Waals surface area contributed by atoms with Crippen LogP contribution in [0.4, 0.5) is 23.3 Å². The van der Waals surface area contributed by atoms with Crippen LogP contribution in [0.25, 0.3) is 0 Å². The molecule has 120 heavy (non-hydrogen) atoms. The lowest BCUT2D eigenvalue weighted by atomic mass is 10.1. The van der Waals surface area contributed by atoms with Crippen LogP contribution in [-0.4, -0.2) is 167 Å². The molecule has 4 aliphatic carbocycles. The lowest BCUT2D eigenvalue weighted by Gasteiger charge is -2.22. The number of fused-ring (bicyclic) bond motifs is 12. The zero-order chi connectivity index (χ0) is 82.5. The minimum absolute atomic E-state index is 0. The van der Waals surface area contributed by atoms with Crippen molar-refractivity contribution in [3.8, 4) is 0 Å². The van der Waals surface area contributed by atoms with Crippen LogP contribution in [-0.2, 0) is 49.6 Å². The van der Waals surface area contributed by atoms with Crippen LogP contribution >= 0.6 is 0 Å². The molecule has 7 amide bonds. The van der Waals surface area contributed by atoms with Crippen molar-refractivity contribution in [1.82, 2.24) is 76.7 Å². The summed E-state index contributed by atoms with van der Waals surface area (Å²) in [6, 6.07) is 52.0. The number of benzene rings is 4. The van der Waals surface area contributed by atoms with Crippen molar-refractivity contribution in [3.63, 3.8) is 0 Å². The van der Waals surface area contributed by atoms with E-state index in [1.54, 1.807) is 64.8 Å². The van der Waals surface area contributed by atoms with E-state index in [0.717, 1.165) is 70.4 Å². The predicted molar refractivity (Wildman–Crippen MR) is 433 cm³/mol. The van der Waals surface area contributed by atoms with Crippen LogP contribution in [0.2, 0.25) is 0 Å². The molecular formula is C87H86N20O13. The second kappa shape index (κ2) is 35.3. The number of likely N-dealkylation sites (N-methyl/N-ethyl adjacent to an activating group) is 4. The van der Waals surface area contributed by atoms with E-state index in [0.29, 0.717) is 78.5 Å². The van der Waals surface area contributed by atoms with E-state index in [1.165, 1.54) is 20.3 Å². The molecule has 0 radical (unpaired) electrons. The summed E-state index contributed by atoms with van der Waals surface area (Å²) >= 11 is 0. The molecule has 5 N–H and O–H groups in total. The average Bonchev–Trinajstić information content (AvgIpc) is 1.61. The summed E-state index contributed by atoms with van der Waals surface area (Å²) in [6.45, 7) is 2.01. The number of nitrogens with zero attached hydrogens (tertiary/aromatic N) is 16. The number of nitrogens with two attached hydrogens (primary N) is 1. The van der Waals surface area contributed by atoms with Crippen molar-refractivity contribution < 1.29 is 60.8 Å². The smallest absolute Gasteiger partial charge is 0.396 e. The largest absolute Gasteiger partial charge is 0.459 e. The Hall–Kier alpha value is -14.2. The molecule has 33 heteroatoms. The van der Waals surface area contributed by atoms with E-state index >= 15 is 0 Å². The number of carbonyl (C=O) groups excluding carboxylic acids is 8. The van der Waals surface area contributed by atoms with Gasteiger partial charge in [0.1, 0.15) is 41.4 Å². The lowest BCUT2D eigenvalue weighted by Crippen LogP contribution is -2.48. The molecule has 33 nitrogen and oxygen atoms in total. The number of hydrogen-bond donors (Lipinski definition) is 4. The van der Waals surface area contributed by atoms with E-state index < -0.39 is 41.8 Å². The molecule has 20 rings (SSSR count). The summed E-state index contributed by atoms with van der Waals surface area (Å²) in [5.74, 6) is 2.50. The number of aromatic nitrogens is 12. The first-order valence-corrected chi connectivity index (χ1v) is 39.0. The highest BCUT2D eigenvalue weighted by atomic mass is 16.5. The van der Waals surface area contributed by atoms with Crippen molar-refractivity contribution in [3.05, 3.63) is 286 Å². The van der Waals surface area contributed by atoms with Crippen molar-refractivity contribution in [2.75, 3.05) is 54.4 Å². The van der Waals surface area contributed by atoms with Crippen molar-refractivity contribution >= 4 is 70.6 Å². The third-order valence-corrected chi connectivity index (χ3v) is 22.2. The first kappa shape index (κ1) is 80.9. The van der Waals surface area contributed by atoms with Gasteiger partial charge >= 0.3 is 47.3 Å². The number of carbonyl (C=O) groups is 8. The lowest BCUT2D eigenvalue weighted by molar-refractivity contribution is -0.121. The maximum atomic E-state index is 13.0. The zero-order valence-corrected chi connectivity index (χ0v) is 65.3. The Labute approximate surface area is 688 Å². The molecule has 12 heterocycles. The van der Waals surface area contributed by atoms with Crippen LogP contribution in [0.15, 0.2) is 212 Å². The monoisotopic (exact) mass is 1620 g/mol. The molecule has 12 atom stereocenters. The summed E-state index contributed by atoms with van der Waals surface area (Å²) in [4.78, 5) is 124. The van der Waals surface area contributed by atoms with Crippen LogP contribution < -0.4 is 41.3 Å². The van der Waals surface area contributed by atoms with Crippen molar-refractivity contribution in [1.29, 1.82) is 0 Å². The maximum Gasteiger partial charge on any atom is 0.396 e. The fourth-order valence-corrected chi connectivity index (χ4v) is 15.8. The highest BCUT2D eigenvalue weighted by Crippen LogP contribution is 2.57. The summed E-state index contributed by atoms with van der Waals surface area (Å²) in [7, 11) is 6.80. The molecule has 4 aliphatic heterocycles. The number of rotatable bonds is 16. The van der Waals surface area contributed by atoms with Gasteiger partial charge in [0.15, 0.2) is 0 Å². The molecule has 0 bridgehead atoms. The summed E-state index contributed by atoms with van der Waals surface area (Å²) in [5, 5.41) is 39.3. The van der Waals surface area contributed by atoms with Crippen LogP contribution in [0.3, 0.4) is 0 Å². The number of pyridine rings is 4. The van der Waals surface area contributed by atoms with E-state index in [-0.39, 0.29) is 103 Å². The summed E-state index contributed by atoms with van der Waals surface area (Å²) in [5.41, 5.74) is 14.3. The Morgan fingerprint density at radius 1 is 0.367 bits per heavy atom. The van der Waals surface area contributed by atoms with E-state index in [2.05, 4.69) is 82.7 Å². The molecular weight excluding hydrogens is 1530 g/mol. The second-order valence-corrected chi connectivity index (χ2v) is 30.0. The van der Waals surface area contributed by atoms with Crippen LogP contribution in [0, 0.1) is 23.7 Å². The van der Waals surface area contributed by atoms with Gasteiger partial charge in [0, 0.05) is 53.0 Å². The maximum absolute atomic E-state index is 13.0. The van der Waals surface area contributed by atoms with E-state index in [4.69, 9.17) is 28.1 Å². The van der Waals surface area contributed by atoms with Gasteiger partial charge in [-0.1, -0.05) is 153 Å². The van der Waals surface area contributed by atoms with Gasteiger partial charge in [0.05, 0.1) is 38.3 Å². The number of esters is 1. The first-order valence-electron chi connectivity index (χ1n) is 39.0. The fourth-order valence-electron chi connectivity index (χ4n) is 15.8. The summed E-state index contributed by atoms with van der Waals surface area (Å²) in [6.07, 6.45) is 12.1. The Morgan fingerprint density at radius 3 is 0.917 bits per heavy atom. The number of hydrogen-bond acceptors (Lipinski definition) is 26. The number of nitrogens with one attached hydrogen (secondary N) is 3. The predicted octanol–water partition coefficient (Wildman–Crippen LogP) is 8.76. The molecule has 2 unspecified atom stereocenters. The SMILES string of the molecule is C.CCOC(=O)c1nnc(Cc2ccccc2)o1.CN1C(=O)[C@@H](N)C2C[C@H]2c2cccnc21.CN1C(=O)[C@@H](NC(=O)c2nnc(Cc3ccccc3)o2)C2C[C@H]2c2cccnc21.CN1C(=O)[C@@H](NC(=O)c2nnc(Cc3ccccc3)o2)[C@H]2C[C@H]2c2cccnc21.CN1C(=O)[C@H](NC(=O)c2nnc(Cc3ccccc3)o2)[C@@H]2C[C@@H]2c2cccnc21. The van der Waals surface area contributed by atoms with Crippen LogP contribution in [0.1, 0.15) is 175 Å². The Bertz CT molecular complexity index is 5320. The molecule has 4 aromatic carbocycles. The quantitative estimate of drug-likeness (QED) is 0.0656. The van der Waals surface area contributed by atoms with Crippen molar-refractivity contribution in [2.45, 2.75) is 114 Å². The molecule has 4 saturated carbocycles. The van der Waals surface area contributed by atoms with Gasteiger partial charge in [-0.3, -0.25) is 53.2 Å². The molecule has 12 aromatic rings. The van der Waals surface area contributed by atoms with Gasteiger partial charge < -0.3 is 44.1 Å². The van der Waals surface area contributed by atoms with Gasteiger partial charge in [-0.2, -0.15) is 0 Å². The normalized spacial score (nSPS) is 21.9. The fraction of sp³-hybridized carbons (Fsp3) is 0.310.